The lowest BCUT2D eigenvalue weighted by Gasteiger charge is -2.24. The molecule has 0 bridgehead atoms. The third-order valence-corrected chi connectivity index (χ3v) is 3.42. The van der Waals surface area contributed by atoms with Crippen LogP contribution in [0.2, 0.25) is 0 Å². The lowest BCUT2D eigenvalue weighted by molar-refractivity contribution is -0.132. The first kappa shape index (κ1) is 13.3. The lowest BCUT2D eigenvalue weighted by Crippen LogP contribution is -2.42. The van der Waals surface area contributed by atoms with Crippen LogP contribution in [-0.2, 0) is 0 Å². The van der Waals surface area contributed by atoms with Crippen LogP contribution in [0.4, 0.5) is 13.2 Å². The summed E-state index contributed by atoms with van der Waals surface area (Å²) in [6.45, 7) is 1.64. The molecule has 2 unspecified atom stereocenters. The lowest BCUT2D eigenvalue weighted by atomic mass is 10.1. The molecule has 16 heavy (non-hydrogen) atoms. The first-order valence-electron chi connectivity index (χ1n) is 4.85. The van der Waals surface area contributed by atoms with Crippen molar-refractivity contribution in [3.63, 3.8) is 0 Å². The summed E-state index contributed by atoms with van der Waals surface area (Å²) < 4.78 is 38.1. The number of hydrogen-bond donors (Lipinski definition) is 1. The second-order valence-electron chi connectivity index (χ2n) is 3.32. The molecule has 0 saturated heterocycles. The first-order chi connectivity index (χ1) is 7.45. The molecule has 1 aromatic heterocycles. The number of nitrogens with two attached hydrogens (primary N) is 1. The molecule has 1 heterocycles. The van der Waals surface area contributed by atoms with E-state index in [1.807, 2.05) is 0 Å². The topological polar surface area (TPSA) is 38.9 Å². The number of alkyl halides is 3. The van der Waals surface area contributed by atoms with Crippen molar-refractivity contribution < 1.29 is 13.2 Å². The van der Waals surface area contributed by atoms with Crippen LogP contribution in [0.15, 0.2) is 29.4 Å². The molecule has 6 heteroatoms. The van der Waals surface area contributed by atoms with E-state index in [0.717, 1.165) is 0 Å². The summed E-state index contributed by atoms with van der Waals surface area (Å²) in [5.41, 5.74) is 5.48. The van der Waals surface area contributed by atoms with Crippen LogP contribution in [0.25, 0.3) is 0 Å². The normalized spacial score (nSPS) is 15.8. The second-order valence-corrected chi connectivity index (χ2v) is 4.48. The average Bonchev–Trinajstić information content (AvgIpc) is 2.25. The average molecular weight is 250 g/mol. The molecule has 1 rings (SSSR count). The van der Waals surface area contributed by atoms with Gasteiger partial charge in [-0.25, -0.2) is 4.98 Å². The fourth-order valence-corrected chi connectivity index (χ4v) is 2.20. The SMILES string of the molecule is CCC(N)C(Sc1ccccn1)C(F)(F)F. The number of halogens is 3. The maximum absolute atomic E-state index is 12.7. The summed E-state index contributed by atoms with van der Waals surface area (Å²) in [7, 11) is 0. The fourth-order valence-electron chi connectivity index (χ4n) is 1.16. The molecule has 0 spiro atoms. The third kappa shape index (κ3) is 3.68. The highest BCUT2D eigenvalue weighted by molar-refractivity contribution is 8.00. The minimum atomic E-state index is -4.31. The fraction of sp³-hybridized carbons (Fsp3) is 0.500. The van der Waals surface area contributed by atoms with Crippen molar-refractivity contribution in [3.05, 3.63) is 24.4 Å². The van der Waals surface area contributed by atoms with Crippen LogP contribution < -0.4 is 5.73 Å². The molecule has 0 fully saturated rings. The molecule has 0 aromatic carbocycles. The third-order valence-electron chi connectivity index (χ3n) is 2.07. The number of pyridine rings is 1. The van der Waals surface area contributed by atoms with Gasteiger partial charge in [0.2, 0.25) is 0 Å². The van der Waals surface area contributed by atoms with Gasteiger partial charge in [-0.3, -0.25) is 0 Å². The molecule has 90 valence electrons. The van der Waals surface area contributed by atoms with Gasteiger partial charge in [-0.1, -0.05) is 24.8 Å². The Balaban J connectivity index is 2.80. The zero-order valence-electron chi connectivity index (χ0n) is 8.74. The Morgan fingerprint density at radius 2 is 2.12 bits per heavy atom. The Kier molecular flexibility index (Phi) is 4.61. The molecular weight excluding hydrogens is 237 g/mol. The van der Waals surface area contributed by atoms with Gasteiger partial charge in [0.25, 0.3) is 0 Å². The van der Waals surface area contributed by atoms with Gasteiger partial charge in [0.05, 0.1) is 5.03 Å². The Morgan fingerprint density at radius 3 is 2.56 bits per heavy atom. The van der Waals surface area contributed by atoms with Crippen LogP contribution in [0, 0.1) is 0 Å². The molecule has 2 nitrogen and oxygen atoms in total. The van der Waals surface area contributed by atoms with Crippen molar-refractivity contribution in [2.45, 2.75) is 35.8 Å². The van der Waals surface area contributed by atoms with Gasteiger partial charge < -0.3 is 5.73 Å². The molecule has 0 saturated carbocycles. The smallest absolute Gasteiger partial charge is 0.326 e. The monoisotopic (exact) mass is 250 g/mol. The van der Waals surface area contributed by atoms with Gasteiger partial charge in [0.15, 0.2) is 0 Å². The van der Waals surface area contributed by atoms with E-state index in [4.69, 9.17) is 5.73 Å². The zero-order chi connectivity index (χ0) is 12.2. The number of rotatable bonds is 4. The van der Waals surface area contributed by atoms with Crippen molar-refractivity contribution in [1.29, 1.82) is 0 Å². The van der Waals surface area contributed by atoms with Crippen molar-refractivity contribution in [3.8, 4) is 0 Å². The predicted molar refractivity (Wildman–Crippen MR) is 58.2 cm³/mol. The summed E-state index contributed by atoms with van der Waals surface area (Å²) in [5, 5.41) is -1.26. The molecule has 1 aromatic rings. The van der Waals surface area contributed by atoms with E-state index in [9.17, 15) is 13.2 Å². The standard InChI is InChI=1S/C10H13F3N2S/c1-2-7(14)9(10(11,12)13)16-8-5-3-4-6-15-8/h3-7,9H,2,14H2,1H3. The summed E-state index contributed by atoms with van der Waals surface area (Å²) in [6.07, 6.45) is -2.56. The van der Waals surface area contributed by atoms with Crippen LogP contribution >= 0.6 is 11.8 Å². The highest BCUT2D eigenvalue weighted by atomic mass is 32.2. The van der Waals surface area contributed by atoms with Crippen molar-refractivity contribution >= 4 is 11.8 Å². The largest absolute Gasteiger partial charge is 0.402 e. The Morgan fingerprint density at radius 1 is 1.44 bits per heavy atom. The molecular formula is C10H13F3N2S. The maximum Gasteiger partial charge on any atom is 0.402 e. The summed E-state index contributed by atoms with van der Waals surface area (Å²) in [6, 6.07) is 3.95. The quantitative estimate of drug-likeness (QED) is 0.835. The van der Waals surface area contributed by atoms with Crippen LogP contribution in [0.5, 0.6) is 0 Å². The first-order valence-corrected chi connectivity index (χ1v) is 5.73. The van der Waals surface area contributed by atoms with Crippen LogP contribution in [0.1, 0.15) is 13.3 Å². The van der Waals surface area contributed by atoms with Gasteiger partial charge in [-0.05, 0) is 18.6 Å². The molecule has 0 aliphatic carbocycles. The summed E-state index contributed by atoms with van der Waals surface area (Å²) >= 11 is 0.667. The summed E-state index contributed by atoms with van der Waals surface area (Å²) in [4.78, 5) is 3.86. The van der Waals surface area contributed by atoms with E-state index >= 15 is 0 Å². The van der Waals surface area contributed by atoms with Crippen LogP contribution in [-0.4, -0.2) is 22.5 Å². The highest BCUT2D eigenvalue weighted by Crippen LogP contribution is 2.36. The van der Waals surface area contributed by atoms with E-state index in [1.165, 1.54) is 6.20 Å². The second kappa shape index (κ2) is 5.54. The molecule has 0 aliphatic rings. The zero-order valence-corrected chi connectivity index (χ0v) is 9.55. The Bertz CT molecular complexity index is 316. The highest BCUT2D eigenvalue weighted by Gasteiger charge is 2.43. The van der Waals surface area contributed by atoms with Gasteiger partial charge in [-0.15, -0.1) is 0 Å². The maximum atomic E-state index is 12.7. The van der Waals surface area contributed by atoms with Gasteiger partial charge >= 0.3 is 6.18 Å². The number of thioether (sulfide) groups is 1. The number of nitrogens with zero attached hydrogens (tertiary/aromatic N) is 1. The van der Waals surface area contributed by atoms with Crippen molar-refractivity contribution in [2.75, 3.05) is 0 Å². The van der Waals surface area contributed by atoms with E-state index in [1.54, 1.807) is 25.1 Å². The minimum absolute atomic E-state index is 0.282. The van der Waals surface area contributed by atoms with E-state index < -0.39 is 17.5 Å². The van der Waals surface area contributed by atoms with Gasteiger partial charge in [0.1, 0.15) is 5.25 Å². The minimum Gasteiger partial charge on any atom is -0.326 e. The number of hydrogen-bond acceptors (Lipinski definition) is 3. The van der Waals surface area contributed by atoms with Gasteiger partial charge in [0, 0.05) is 12.2 Å². The Labute approximate surface area is 96.4 Å². The Hall–Kier alpha value is -0.750. The number of aromatic nitrogens is 1. The van der Waals surface area contributed by atoms with E-state index in [2.05, 4.69) is 4.98 Å². The molecule has 2 N–H and O–H groups in total. The van der Waals surface area contributed by atoms with Crippen LogP contribution in [0.3, 0.4) is 0 Å². The van der Waals surface area contributed by atoms with Crippen molar-refractivity contribution in [2.24, 2.45) is 5.73 Å². The molecule has 0 radical (unpaired) electrons. The van der Waals surface area contributed by atoms with E-state index in [-0.39, 0.29) is 6.42 Å². The van der Waals surface area contributed by atoms with Crippen molar-refractivity contribution in [1.82, 2.24) is 4.98 Å². The molecule has 0 aliphatic heterocycles. The summed E-state index contributed by atoms with van der Waals surface area (Å²) in [5.74, 6) is 0. The van der Waals surface area contributed by atoms with Gasteiger partial charge in [-0.2, -0.15) is 13.2 Å². The van der Waals surface area contributed by atoms with E-state index in [0.29, 0.717) is 16.8 Å². The predicted octanol–water partition coefficient (Wildman–Crippen LogP) is 2.84. The molecule has 2 atom stereocenters. The molecule has 0 amide bonds.